The van der Waals surface area contributed by atoms with Crippen molar-refractivity contribution >= 4 is 40.4 Å². The van der Waals surface area contributed by atoms with E-state index >= 15 is 0 Å². The molecule has 2 N–H and O–H groups in total. The lowest BCUT2D eigenvalue weighted by atomic mass is 9.95. The molecule has 2 aromatic carbocycles. The molecule has 1 atom stereocenters. The number of thioether (sulfide) groups is 1. The molecule has 3 aromatic rings. The van der Waals surface area contributed by atoms with Crippen LogP contribution in [0.2, 0.25) is 0 Å². The largest absolute Gasteiger partial charge is 0.467 e. The zero-order valence-electron chi connectivity index (χ0n) is 18.6. The SMILES string of the molecule is COC(=O)C(Nc1nc(SCC(=O)NC2CCCCC2)nc2ccccc12)c1ccccc1. The van der Waals surface area contributed by atoms with Crippen LogP contribution in [0, 0.1) is 0 Å². The predicted octanol–water partition coefficient (Wildman–Crippen LogP) is 4.50. The van der Waals surface area contributed by atoms with Crippen molar-refractivity contribution in [3.63, 3.8) is 0 Å². The molecule has 1 aliphatic carbocycles. The third kappa shape index (κ3) is 6.01. The van der Waals surface area contributed by atoms with Crippen LogP contribution in [0.4, 0.5) is 5.82 Å². The summed E-state index contributed by atoms with van der Waals surface area (Å²) in [6.45, 7) is 0. The number of nitrogens with one attached hydrogen (secondary N) is 2. The second-order valence-electron chi connectivity index (χ2n) is 8.07. The van der Waals surface area contributed by atoms with Gasteiger partial charge in [-0.05, 0) is 30.5 Å². The Morgan fingerprint density at radius 3 is 2.52 bits per heavy atom. The van der Waals surface area contributed by atoms with Gasteiger partial charge in [-0.15, -0.1) is 0 Å². The van der Waals surface area contributed by atoms with Gasteiger partial charge in [-0.3, -0.25) is 4.79 Å². The molecular formula is C25H28N4O3S. The number of carbonyl (C=O) groups excluding carboxylic acids is 2. The summed E-state index contributed by atoms with van der Waals surface area (Å²) in [5, 5.41) is 7.64. The minimum atomic E-state index is -0.720. The fraction of sp³-hybridized carbons (Fsp3) is 0.360. The molecule has 1 fully saturated rings. The number of rotatable bonds is 8. The van der Waals surface area contributed by atoms with E-state index in [0.29, 0.717) is 11.0 Å². The maximum Gasteiger partial charge on any atom is 0.333 e. The van der Waals surface area contributed by atoms with Gasteiger partial charge < -0.3 is 15.4 Å². The second kappa shape index (κ2) is 11.1. The first kappa shape index (κ1) is 23.0. The highest BCUT2D eigenvalue weighted by atomic mass is 32.2. The van der Waals surface area contributed by atoms with E-state index in [0.717, 1.165) is 29.3 Å². The molecule has 33 heavy (non-hydrogen) atoms. The van der Waals surface area contributed by atoms with E-state index < -0.39 is 12.0 Å². The molecule has 1 amide bonds. The summed E-state index contributed by atoms with van der Waals surface area (Å²) < 4.78 is 5.03. The lowest BCUT2D eigenvalue weighted by Gasteiger charge is -2.22. The van der Waals surface area contributed by atoms with E-state index in [2.05, 4.69) is 20.6 Å². The van der Waals surface area contributed by atoms with Crippen molar-refractivity contribution in [2.75, 3.05) is 18.2 Å². The first-order chi connectivity index (χ1) is 16.1. The Bertz CT molecular complexity index is 1100. The van der Waals surface area contributed by atoms with Gasteiger partial charge in [0.25, 0.3) is 0 Å². The molecule has 1 aromatic heterocycles. The third-order valence-corrected chi connectivity index (χ3v) is 6.58. The number of amides is 1. The average Bonchev–Trinajstić information content (AvgIpc) is 2.86. The van der Waals surface area contributed by atoms with E-state index in [9.17, 15) is 9.59 Å². The number of hydrogen-bond acceptors (Lipinski definition) is 7. The van der Waals surface area contributed by atoms with Gasteiger partial charge in [-0.2, -0.15) is 0 Å². The van der Waals surface area contributed by atoms with Crippen molar-refractivity contribution in [1.82, 2.24) is 15.3 Å². The van der Waals surface area contributed by atoms with Gasteiger partial charge in [0.05, 0.1) is 18.4 Å². The normalized spacial score (nSPS) is 15.1. The van der Waals surface area contributed by atoms with Crippen molar-refractivity contribution in [2.45, 2.75) is 49.3 Å². The quantitative estimate of drug-likeness (QED) is 0.288. The summed E-state index contributed by atoms with van der Waals surface area (Å²) in [6.07, 6.45) is 5.68. The number of benzene rings is 2. The van der Waals surface area contributed by atoms with Crippen LogP contribution in [0.3, 0.4) is 0 Å². The molecule has 1 saturated carbocycles. The predicted molar refractivity (Wildman–Crippen MR) is 130 cm³/mol. The molecule has 0 saturated heterocycles. The van der Waals surface area contributed by atoms with Gasteiger partial charge in [0.1, 0.15) is 5.82 Å². The monoisotopic (exact) mass is 464 g/mol. The molecule has 1 heterocycles. The summed E-state index contributed by atoms with van der Waals surface area (Å²) in [5.74, 6) is 0.350. The van der Waals surface area contributed by atoms with Crippen LogP contribution in [0.25, 0.3) is 10.9 Å². The molecule has 0 aliphatic heterocycles. The lowest BCUT2D eigenvalue weighted by molar-refractivity contribution is -0.141. The topological polar surface area (TPSA) is 93.2 Å². The summed E-state index contributed by atoms with van der Waals surface area (Å²) in [7, 11) is 1.37. The average molecular weight is 465 g/mol. The second-order valence-corrected chi connectivity index (χ2v) is 9.02. The minimum absolute atomic E-state index is 0.00473. The highest BCUT2D eigenvalue weighted by molar-refractivity contribution is 7.99. The molecule has 172 valence electrons. The number of nitrogens with zero attached hydrogens (tertiary/aromatic N) is 2. The van der Waals surface area contributed by atoms with Crippen LogP contribution in [-0.2, 0) is 14.3 Å². The van der Waals surface area contributed by atoms with Gasteiger partial charge in [-0.1, -0.05) is 73.5 Å². The summed E-state index contributed by atoms with van der Waals surface area (Å²) in [4.78, 5) is 34.3. The number of hydrogen-bond donors (Lipinski definition) is 2. The number of para-hydroxylation sites is 1. The van der Waals surface area contributed by atoms with E-state index in [-0.39, 0.29) is 17.7 Å². The van der Waals surface area contributed by atoms with Crippen LogP contribution in [0.5, 0.6) is 0 Å². The Balaban J connectivity index is 1.54. The summed E-state index contributed by atoms with van der Waals surface area (Å²) >= 11 is 1.29. The van der Waals surface area contributed by atoms with Crippen molar-refractivity contribution in [3.05, 3.63) is 60.2 Å². The number of aromatic nitrogens is 2. The Morgan fingerprint density at radius 2 is 1.76 bits per heavy atom. The Labute approximate surface area is 197 Å². The van der Waals surface area contributed by atoms with Crippen molar-refractivity contribution < 1.29 is 14.3 Å². The number of esters is 1. The Hall–Kier alpha value is -3.13. The van der Waals surface area contributed by atoms with Gasteiger partial charge in [0.15, 0.2) is 11.2 Å². The molecule has 8 heteroatoms. The van der Waals surface area contributed by atoms with Crippen LogP contribution in [0.1, 0.15) is 43.7 Å². The molecule has 0 bridgehead atoms. The molecule has 1 unspecified atom stereocenters. The van der Waals surface area contributed by atoms with Crippen LogP contribution in [-0.4, -0.2) is 40.7 Å². The zero-order valence-corrected chi connectivity index (χ0v) is 19.4. The van der Waals surface area contributed by atoms with Crippen molar-refractivity contribution in [2.24, 2.45) is 0 Å². The standard InChI is InChI=1S/C25H28N4O3S/c1-32-24(31)22(17-10-4-2-5-11-17)28-23-19-14-8-9-15-20(19)27-25(29-23)33-16-21(30)26-18-12-6-3-7-13-18/h2,4-5,8-11,14-15,18,22H,3,6-7,12-13,16H2,1H3,(H,26,30)(H,27,28,29). The fourth-order valence-electron chi connectivity index (χ4n) is 4.05. The van der Waals surface area contributed by atoms with Gasteiger partial charge in [-0.25, -0.2) is 14.8 Å². The minimum Gasteiger partial charge on any atom is -0.467 e. The maximum absolute atomic E-state index is 12.6. The molecule has 1 aliphatic rings. The third-order valence-electron chi connectivity index (χ3n) is 5.74. The van der Waals surface area contributed by atoms with E-state index in [1.807, 2.05) is 54.6 Å². The number of anilines is 1. The highest BCUT2D eigenvalue weighted by Crippen LogP contribution is 2.28. The first-order valence-corrected chi connectivity index (χ1v) is 12.2. The fourth-order valence-corrected chi connectivity index (χ4v) is 4.72. The molecule has 4 rings (SSSR count). The maximum atomic E-state index is 12.6. The van der Waals surface area contributed by atoms with E-state index in [1.165, 1.54) is 38.1 Å². The molecule has 7 nitrogen and oxygen atoms in total. The zero-order chi connectivity index (χ0) is 23.0. The van der Waals surface area contributed by atoms with E-state index in [4.69, 9.17) is 4.74 Å². The van der Waals surface area contributed by atoms with Crippen LogP contribution < -0.4 is 10.6 Å². The number of carbonyl (C=O) groups is 2. The van der Waals surface area contributed by atoms with Crippen LogP contribution >= 0.6 is 11.8 Å². The Kier molecular flexibility index (Phi) is 7.78. The lowest BCUT2D eigenvalue weighted by Crippen LogP contribution is -2.37. The molecule has 0 radical (unpaired) electrons. The van der Waals surface area contributed by atoms with Crippen LogP contribution in [0.15, 0.2) is 59.8 Å². The van der Waals surface area contributed by atoms with Gasteiger partial charge in [0, 0.05) is 11.4 Å². The highest BCUT2D eigenvalue weighted by Gasteiger charge is 2.23. The van der Waals surface area contributed by atoms with E-state index in [1.54, 1.807) is 0 Å². The number of methoxy groups -OCH3 is 1. The Morgan fingerprint density at radius 1 is 1.03 bits per heavy atom. The summed E-state index contributed by atoms with van der Waals surface area (Å²) in [5.41, 5.74) is 1.51. The van der Waals surface area contributed by atoms with Crippen molar-refractivity contribution in [3.8, 4) is 0 Å². The smallest absolute Gasteiger partial charge is 0.333 e. The van der Waals surface area contributed by atoms with Gasteiger partial charge in [0.2, 0.25) is 5.91 Å². The number of ether oxygens (including phenoxy) is 1. The first-order valence-electron chi connectivity index (χ1n) is 11.2. The number of fused-ring (bicyclic) bond motifs is 1. The van der Waals surface area contributed by atoms with Crippen molar-refractivity contribution in [1.29, 1.82) is 0 Å². The molecule has 0 spiro atoms. The summed E-state index contributed by atoms with van der Waals surface area (Å²) in [6, 6.07) is 16.5. The van der Waals surface area contributed by atoms with Gasteiger partial charge >= 0.3 is 5.97 Å². The molecular weight excluding hydrogens is 436 g/mol.